The minimum Gasteiger partial charge on any atom is -0.462 e. The summed E-state index contributed by atoms with van der Waals surface area (Å²) in [4.78, 5) is 27.1. The second-order valence-electron chi connectivity index (χ2n) is 7.40. The first-order valence-electron chi connectivity index (χ1n) is 10.4. The van der Waals surface area contributed by atoms with Crippen molar-refractivity contribution >= 4 is 17.6 Å². The van der Waals surface area contributed by atoms with Crippen LogP contribution < -0.4 is 5.32 Å². The van der Waals surface area contributed by atoms with E-state index in [1.165, 1.54) is 0 Å². The van der Waals surface area contributed by atoms with Crippen LogP contribution in [-0.4, -0.2) is 29.4 Å². The average Bonchev–Trinajstić information content (AvgIpc) is 2.77. The Morgan fingerprint density at radius 1 is 1.13 bits per heavy atom. The van der Waals surface area contributed by atoms with Crippen molar-refractivity contribution in [2.75, 3.05) is 11.9 Å². The third-order valence-corrected chi connectivity index (χ3v) is 4.66. The van der Waals surface area contributed by atoms with Crippen molar-refractivity contribution in [2.24, 2.45) is 0 Å². The van der Waals surface area contributed by atoms with Gasteiger partial charge in [-0.25, -0.2) is 4.79 Å². The first-order chi connectivity index (χ1) is 15.0. The van der Waals surface area contributed by atoms with Gasteiger partial charge in [0.05, 0.1) is 17.9 Å². The van der Waals surface area contributed by atoms with Crippen LogP contribution in [-0.2, 0) is 16.1 Å². The van der Waals surface area contributed by atoms with E-state index in [1.807, 2.05) is 62.1 Å². The number of para-hydroxylation sites is 1. The highest BCUT2D eigenvalue weighted by atomic mass is 16.5. The number of carbonyl (C=O) groups excluding carboxylic acids is 2. The number of amides is 1. The van der Waals surface area contributed by atoms with E-state index in [1.54, 1.807) is 30.5 Å². The number of ether oxygens (including phenoxy) is 1. The molecule has 0 fully saturated rings. The Bertz CT molecular complexity index is 946. The number of benzene rings is 2. The van der Waals surface area contributed by atoms with Crippen molar-refractivity contribution in [3.05, 3.63) is 77.5 Å². The topological polar surface area (TPSA) is 82.4 Å². The van der Waals surface area contributed by atoms with Crippen LogP contribution in [0.25, 0.3) is 0 Å². The first kappa shape index (κ1) is 23.7. The molecule has 0 radical (unpaired) electrons. The number of anilines is 1. The molecule has 1 amide bonds. The Morgan fingerprint density at radius 3 is 2.45 bits per heavy atom. The Morgan fingerprint density at radius 2 is 1.81 bits per heavy atom. The summed E-state index contributed by atoms with van der Waals surface area (Å²) in [5.74, 6) is -1.07. The fraction of sp³-hybridized carbons (Fsp3) is 0.320. The minimum atomic E-state index is -0.574. The molecule has 2 rings (SSSR count). The molecule has 2 aromatic carbocycles. The number of rotatable bonds is 10. The zero-order valence-corrected chi connectivity index (χ0v) is 18.3. The third kappa shape index (κ3) is 7.31. The van der Waals surface area contributed by atoms with Gasteiger partial charge in [-0.05, 0) is 38.0 Å². The molecule has 0 saturated carbocycles. The number of nitrogens with one attached hydrogen (secondary N) is 1. The summed E-state index contributed by atoms with van der Waals surface area (Å²) >= 11 is 0. The predicted molar refractivity (Wildman–Crippen MR) is 121 cm³/mol. The van der Waals surface area contributed by atoms with E-state index >= 15 is 0 Å². The van der Waals surface area contributed by atoms with Crippen molar-refractivity contribution in [2.45, 2.75) is 46.2 Å². The van der Waals surface area contributed by atoms with Gasteiger partial charge in [-0.1, -0.05) is 55.8 Å². The molecule has 0 bridgehead atoms. The lowest BCUT2D eigenvalue weighted by atomic mass is 10.1. The molecule has 0 aliphatic heterocycles. The van der Waals surface area contributed by atoms with Gasteiger partial charge in [-0.3, -0.25) is 4.79 Å². The molecule has 6 nitrogen and oxygen atoms in total. The van der Waals surface area contributed by atoms with Gasteiger partial charge in [0.1, 0.15) is 11.6 Å². The van der Waals surface area contributed by atoms with Gasteiger partial charge < -0.3 is 15.0 Å². The van der Waals surface area contributed by atoms with Crippen LogP contribution in [0.15, 0.2) is 66.4 Å². The molecular formula is C25H29N3O3. The zero-order chi connectivity index (χ0) is 22.6. The van der Waals surface area contributed by atoms with Crippen molar-refractivity contribution in [3.63, 3.8) is 0 Å². The Labute approximate surface area is 184 Å². The van der Waals surface area contributed by atoms with Crippen LogP contribution in [0.3, 0.4) is 0 Å². The smallest absolute Gasteiger partial charge is 0.340 e. The van der Waals surface area contributed by atoms with E-state index in [-0.39, 0.29) is 17.2 Å². The summed E-state index contributed by atoms with van der Waals surface area (Å²) in [5.41, 5.74) is 1.60. The lowest BCUT2D eigenvalue weighted by Gasteiger charge is -2.25. The predicted octanol–water partition coefficient (Wildman–Crippen LogP) is 4.90. The summed E-state index contributed by atoms with van der Waals surface area (Å²) in [6.07, 6.45) is 3.25. The highest BCUT2D eigenvalue weighted by molar-refractivity contribution is 6.09. The maximum absolute atomic E-state index is 12.8. The van der Waals surface area contributed by atoms with Crippen molar-refractivity contribution in [1.82, 2.24) is 4.90 Å². The molecule has 162 valence electrons. The summed E-state index contributed by atoms with van der Waals surface area (Å²) in [7, 11) is 0. The number of carbonyl (C=O) groups is 2. The number of esters is 1. The summed E-state index contributed by atoms with van der Waals surface area (Å²) < 4.78 is 5.26. The highest BCUT2D eigenvalue weighted by Crippen LogP contribution is 2.18. The quantitative estimate of drug-likeness (QED) is 0.256. The maximum atomic E-state index is 12.8. The van der Waals surface area contributed by atoms with Crippen molar-refractivity contribution in [3.8, 4) is 6.07 Å². The van der Waals surface area contributed by atoms with Gasteiger partial charge in [0.25, 0.3) is 5.91 Å². The standard InChI is InChI=1S/C25H29N3O3/c1-4-5-15-31-25(30)22-13-9-10-14-23(22)27-24(29)21(16-26)18-28(19(2)3)17-20-11-7-6-8-12-20/h6-14,18-19H,4-5,15,17H2,1-3H3,(H,27,29)/b21-18-. The summed E-state index contributed by atoms with van der Waals surface area (Å²) in [5, 5.41) is 12.3. The number of nitrogens with zero attached hydrogens (tertiary/aromatic N) is 2. The zero-order valence-electron chi connectivity index (χ0n) is 18.3. The van der Waals surface area contributed by atoms with Crippen LogP contribution >= 0.6 is 0 Å². The van der Waals surface area contributed by atoms with Gasteiger partial charge in [0, 0.05) is 18.8 Å². The molecule has 0 aliphatic rings. The first-order valence-corrected chi connectivity index (χ1v) is 10.4. The van der Waals surface area contributed by atoms with Gasteiger partial charge >= 0.3 is 5.97 Å². The van der Waals surface area contributed by atoms with Gasteiger partial charge in [0.2, 0.25) is 0 Å². The van der Waals surface area contributed by atoms with E-state index in [9.17, 15) is 14.9 Å². The van der Waals surface area contributed by atoms with Crippen LogP contribution in [0.4, 0.5) is 5.69 Å². The van der Waals surface area contributed by atoms with Gasteiger partial charge in [-0.15, -0.1) is 0 Å². The van der Waals surface area contributed by atoms with Crippen LogP contribution in [0.2, 0.25) is 0 Å². The molecule has 0 aliphatic carbocycles. The molecule has 0 aromatic heterocycles. The lowest BCUT2D eigenvalue weighted by Crippen LogP contribution is -2.27. The monoisotopic (exact) mass is 419 g/mol. The van der Waals surface area contributed by atoms with E-state index in [0.717, 1.165) is 18.4 Å². The molecule has 0 unspecified atom stereocenters. The summed E-state index contributed by atoms with van der Waals surface area (Å²) in [6, 6.07) is 18.5. The molecule has 0 heterocycles. The summed E-state index contributed by atoms with van der Waals surface area (Å²) in [6.45, 7) is 6.89. The number of hydrogen-bond acceptors (Lipinski definition) is 5. The van der Waals surface area contributed by atoms with Crippen LogP contribution in [0, 0.1) is 11.3 Å². The van der Waals surface area contributed by atoms with Crippen LogP contribution in [0.5, 0.6) is 0 Å². The van der Waals surface area contributed by atoms with Crippen LogP contribution in [0.1, 0.15) is 49.5 Å². The Balaban J connectivity index is 2.19. The van der Waals surface area contributed by atoms with E-state index < -0.39 is 11.9 Å². The van der Waals surface area contributed by atoms with E-state index in [2.05, 4.69) is 5.32 Å². The van der Waals surface area contributed by atoms with E-state index in [0.29, 0.717) is 18.8 Å². The minimum absolute atomic E-state index is 0.0428. The number of unbranched alkanes of at least 4 members (excludes halogenated alkanes) is 1. The highest BCUT2D eigenvalue weighted by Gasteiger charge is 2.18. The third-order valence-electron chi connectivity index (χ3n) is 4.66. The Hall–Kier alpha value is -3.59. The molecule has 31 heavy (non-hydrogen) atoms. The van der Waals surface area contributed by atoms with E-state index in [4.69, 9.17) is 4.74 Å². The lowest BCUT2D eigenvalue weighted by molar-refractivity contribution is -0.112. The molecule has 0 saturated heterocycles. The molecule has 0 atom stereocenters. The van der Waals surface area contributed by atoms with Gasteiger partial charge in [0.15, 0.2) is 0 Å². The number of nitriles is 1. The second kappa shape index (κ2) is 12.2. The average molecular weight is 420 g/mol. The normalized spacial score (nSPS) is 11.0. The largest absolute Gasteiger partial charge is 0.462 e. The fourth-order valence-electron chi connectivity index (χ4n) is 2.82. The molecular weight excluding hydrogens is 390 g/mol. The molecule has 1 N–H and O–H groups in total. The Kier molecular flexibility index (Phi) is 9.31. The van der Waals surface area contributed by atoms with Gasteiger partial charge in [-0.2, -0.15) is 5.26 Å². The van der Waals surface area contributed by atoms with Crippen molar-refractivity contribution in [1.29, 1.82) is 5.26 Å². The molecule has 2 aromatic rings. The number of hydrogen-bond donors (Lipinski definition) is 1. The molecule has 0 spiro atoms. The molecule has 6 heteroatoms. The fourth-order valence-corrected chi connectivity index (χ4v) is 2.82. The second-order valence-corrected chi connectivity index (χ2v) is 7.40. The maximum Gasteiger partial charge on any atom is 0.340 e. The van der Waals surface area contributed by atoms with Crippen molar-refractivity contribution < 1.29 is 14.3 Å². The SMILES string of the molecule is CCCCOC(=O)c1ccccc1NC(=O)/C(C#N)=C\N(Cc1ccccc1)C(C)C.